The van der Waals surface area contributed by atoms with Crippen molar-refractivity contribution in [1.29, 1.82) is 0 Å². The minimum atomic E-state index is -0.426. The number of halogens is 1. The predicted molar refractivity (Wildman–Crippen MR) is 74.5 cm³/mol. The fourth-order valence-electron chi connectivity index (χ4n) is 2.29. The maximum atomic E-state index is 13.7. The van der Waals surface area contributed by atoms with E-state index in [1.165, 1.54) is 11.0 Å². The average molecular weight is 274 g/mol. The number of benzene rings is 1. The smallest absolute Gasteiger partial charge is 0.278 e. The first-order chi connectivity index (χ1) is 9.66. The number of carbonyl (C=O) groups is 1. The molecule has 1 aliphatic heterocycles. The van der Waals surface area contributed by atoms with Crippen LogP contribution in [-0.4, -0.2) is 29.1 Å². The van der Waals surface area contributed by atoms with Crippen LogP contribution < -0.4 is 10.2 Å². The number of hydrogen-bond donors (Lipinski definition) is 1. The highest BCUT2D eigenvalue weighted by Gasteiger charge is 2.21. The quantitative estimate of drug-likeness (QED) is 0.912. The van der Waals surface area contributed by atoms with Crippen LogP contribution in [0.4, 0.5) is 16.0 Å². The van der Waals surface area contributed by atoms with Crippen molar-refractivity contribution in [2.24, 2.45) is 0 Å². The number of hydrogen-bond acceptors (Lipinski definition) is 3. The van der Waals surface area contributed by atoms with Gasteiger partial charge >= 0.3 is 0 Å². The highest BCUT2D eigenvalue weighted by atomic mass is 19.1. The van der Waals surface area contributed by atoms with E-state index < -0.39 is 5.82 Å². The van der Waals surface area contributed by atoms with Crippen molar-refractivity contribution in [3.63, 3.8) is 0 Å². The van der Waals surface area contributed by atoms with E-state index in [0.717, 1.165) is 19.5 Å². The molecule has 0 saturated carbocycles. The van der Waals surface area contributed by atoms with Crippen LogP contribution in [0.5, 0.6) is 0 Å². The number of aryl methyl sites for hydroxylation is 1. The van der Waals surface area contributed by atoms with Gasteiger partial charge in [0.05, 0.1) is 5.69 Å². The van der Waals surface area contributed by atoms with Gasteiger partial charge in [-0.1, -0.05) is 12.1 Å². The molecule has 0 saturated heterocycles. The molecule has 0 bridgehead atoms. The van der Waals surface area contributed by atoms with Gasteiger partial charge in [-0.2, -0.15) is 0 Å². The Labute approximate surface area is 116 Å². The molecule has 104 valence electrons. The molecule has 0 aliphatic carbocycles. The number of anilines is 2. The van der Waals surface area contributed by atoms with Gasteiger partial charge < -0.3 is 14.8 Å². The van der Waals surface area contributed by atoms with Crippen LogP contribution in [0.1, 0.15) is 16.9 Å². The third-order valence-corrected chi connectivity index (χ3v) is 3.37. The fourth-order valence-corrected chi connectivity index (χ4v) is 2.29. The molecule has 1 aromatic heterocycles. The Morgan fingerprint density at radius 2 is 2.25 bits per heavy atom. The Bertz CT molecular complexity index is 629. The second-order valence-electron chi connectivity index (χ2n) is 4.74. The molecule has 1 aromatic carbocycles. The Morgan fingerprint density at radius 3 is 3.00 bits per heavy atom. The average Bonchev–Trinajstić information content (AvgIpc) is 2.90. The lowest BCUT2D eigenvalue weighted by Gasteiger charge is -2.16. The maximum absolute atomic E-state index is 13.7. The Hall–Kier alpha value is -2.37. The Kier molecular flexibility index (Phi) is 3.14. The van der Waals surface area contributed by atoms with Gasteiger partial charge in [0.1, 0.15) is 11.5 Å². The lowest BCUT2D eigenvalue weighted by atomic mass is 10.2. The van der Waals surface area contributed by atoms with Gasteiger partial charge in [-0.25, -0.2) is 9.37 Å². The van der Waals surface area contributed by atoms with Crippen LogP contribution in [0, 0.1) is 5.82 Å². The molecule has 3 rings (SSSR count). The zero-order valence-electron chi connectivity index (χ0n) is 11.1. The van der Waals surface area contributed by atoms with Crippen molar-refractivity contribution in [3.8, 4) is 0 Å². The van der Waals surface area contributed by atoms with E-state index >= 15 is 0 Å². The first-order valence-electron chi connectivity index (χ1n) is 6.50. The molecule has 6 heteroatoms. The van der Waals surface area contributed by atoms with Crippen LogP contribution in [0.25, 0.3) is 0 Å². The van der Waals surface area contributed by atoms with Crippen molar-refractivity contribution in [3.05, 3.63) is 42.0 Å². The summed E-state index contributed by atoms with van der Waals surface area (Å²) >= 11 is 0. The summed E-state index contributed by atoms with van der Waals surface area (Å²) in [5.41, 5.74) is 0.566. The lowest BCUT2D eigenvalue weighted by molar-refractivity contribution is 0.0988. The summed E-state index contributed by atoms with van der Waals surface area (Å²) in [4.78, 5) is 17.9. The topological polar surface area (TPSA) is 50.2 Å². The van der Waals surface area contributed by atoms with E-state index in [2.05, 4.69) is 10.3 Å². The molecular formula is C14H15FN4O. The molecule has 5 nitrogen and oxygen atoms in total. The first kappa shape index (κ1) is 12.7. The van der Waals surface area contributed by atoms with Crippen molar-refractivity contribution in [1.82, 2.24) is 9.55 Å². The largest absolute Gasteiger partial charge is 0.356 e. The normalized spacial score (nSPS) is 13.5. The molecule has 0 radical (unpaired) electrons. The number of rotatable bonds is 2. The molecule has 2 heterocycles. The number of aromatic nitrogens is 2. The van der Waals surface area contributed by atoms with Crippen molar-refractivity contribution in [2.75, 3.05) is 23.8 Å². The van der Waals surface area contributed by atoms with Crippen molar-refractivity contribution in [2.45, 2.75) is 13.0 Å². The zero-order valence-corrected chi connectivity index (χ0v) is 11.1. The van der Waals surface area contributed by atoms with Gasteiger partial charge in [-0.05, 0) is 18.6 Å². The lowest BCUT2D eigenvalue weighted by Crippen LogP contribution is -2.27. The predicted octanol–water partition coefficient (Wildman–Crippen LogP) is 2.11. The second kappa shape index (κ2) is 4.96. The molecule has 0 atom stereocenters. The molecule has 0 spiro atoms. The van der Waals surface area contributed by atoms with Crippen molar-refractivity contribution < 1.29 is 9.18 Å². The Balaban J connectivity index is 1.89. The van der Waals surface area contributed by atoms with Gasteiger partial charge in [-0.15, -0.1) is 0 Å². The summed E-state index contributed by atoms with van der Waals surface area (Å²) < 4.78 is 15.6. The molecule has 0 unspecified atom stereocenters. The van der Waals surface area contributed by atoms with Gasteiger partial charge in [0.25, 0.3) is 5.91 Å². The molecule has 1 N–H and O–H groups in total. The second-order valence-corrected chi connectivity index (χ2v) is 4.74. The fraction of sp³-hybridized carbons (Fsp3) is 0.286. The SMILES string of the molecule is CN(C(=O)c1cn2c(n1)NCCC2)c1ccccc1F. The number of nitrogens with zero attached hydrogens (tertiary/aromatic N) is 3. The minimum Gasteiger partial charge on any atom is -0.356 e. The zero-order chi connectivity index (χ0) is 14.1. The number of amides is 1. The van der Waals surface area contributed by atoms with Gasteiger partial charge in [0, 0.05) is 26.3 Å². The summed E-state index contributed by atoms with van der Waals surface area (Å²) in [5.74, 6) is -0.0502. The summed E-state index contributed by atoms with van der Waals surface area (Å²) in [7, 11) is 1.55. The van der Waals surface area contributed by atoms with Gasteiger partial charge in [0.15, 0.2) is 0 Å². The van der Waals surface area contributed by atoms with Crippen LogP contribution in [0.2, 0.25) is 0 Å². The van der Waals surface area contributed by atoms with E-state index in [9.17, 15) is 9.18 Å². The van der Waals surface area contributed by atoms with E-state index in [1.54, 1.807) is 31.4 Å². The van der Waals surface area contributed by atoms with Crippen LogP contribution in [-0.2, 0) is 6.54 Å². The molecule has 1 aliphatic rings. The molecule has 1 amide bonds. The number of imidazole rings is 1. The molecule has 20 heavy (non-hydrogen) atoms. The highest BCUT2D eigenvalue weighted by Crippen LogP contribution is 2.21. The number of para-hydroxylation sites is 1. The first-order valence-corrected chi connectivity index (χ1v) is 6.50. The molecule has 0 fully saturated rings. The molecular weight excluding hydrogens is 259 g/mol. The van der Waals surface area contributed by atoms with Crippen LogP contribution in [0.3, 0.4) is 0 Å². The van der Waals surface area contributed by atoms with E-state index in [1.807, 2.05) is 4.57 Å². The molecule has 2 aromatic rings. The third kappa shape index (κ3) is 2.13. The summed E-state index contributed by atoms with van der Waals surface area (Å²) in [6.45, 7) is 1.69. The van der Waals surface area contributed by atoms with Crippen LogP contribution in [0.15, 0.2) is 30.5 Å². The highest BCUT2D eigenvalue weighted by molar-refractivity contribution is 6.04. The van der Waals surface area contributed by atoms with E-state index in [0.29, 0.717) is 11.6 Å². The summed E-state index contributed by atoms with van der Waals surface area (Å²) in [6, 6.07) is 6.19. The number of nitrogens with one attached hydrogen (secondary N) is 1. The number of carbonyl (C=O) groups excluding carboxylic acids is 1. The third-order valence-electron chi connectivity index (χ3n) is 3.37. The van der Waals surface area contributed by atoms with Gasteiger partial charge in [-0.3, -0.25) is 4.79 Å². The number of fused-ring (bicyclic) bond motifs is 1. The standard InChI is InChI=1S/C14H15FN4O/c1-18(12-6-3-2-5-10(12)15)13(20)11-9-19-8-4-7-16-14(19)17-11/h2-3,5-6,9H,4,7-8H2,1H3,(H,16,17). The maximum Gasteiger partial charge on any atom is 0.278 e. The summed E-state index contributed by atoms with van der Waals surface area (Å²) in [6.07, 6.45) is 2.71. The van der Waals surface area contributed by atoms with E-state index in [4.69, 9.17) is 0 Å². The van der Waals surface area contributed by atoms with Crippen molar-refractivity contribution >= 4 is 17.5 Å². The van der Waals surface area contributed by atoms with Crippen LogP contribution >= 0.6 is 0 Å². The summed E-state index contributed by atoms with van der Waals surface area (Å²) in [5, 5.41) is 3.13. The Morgan fingerprint density at radius 1 is 1.45 bits per heavy atom. The minimum absolute atomic E-state index is 0.247. The monoisotopic (exact) mass is 274 g/mol. The van der Waals surface area contributed by atoms with Gasteiger partial charge in [0.2, 0.25) is 5.95 Å². The van der Waals surface area contributed by atoms with E-state index in [-0.39, 0.29) is 11.6 Å².